The van der Waals surface area contributed by atoms with Crippen LogP contribution in [0.3, 0.4) is 0 Å². The highest BCUT2D eigenvalue weighted by atomic mass is 16.6. The second-order valence-corrected chi connectivity index (χ2v) is 8.02. The summed E-state index contributed by atoms with van der Waals surface area (Å²) in [5.74, 6) is 0.000418. The molecule has 0 aromatic carbocycles. The number of allylic oxidation sites excluding steroid dienone is 2. The molecule has 28 heavy (non-hydrogen) atoms. The average molecular weight is 388 g/mol. The van der Waals surface area contributed by atoms with Crippen LogP contribution in [0.25, 0.3) is 0 Å². The van der Waals surface area contributed by atoms with Crippen molar-refractivity contribution in [1.82, 2.24) is 0 Å². The number of aliphatic hydroxyl groups is 1. The quantitative estimate of drug-likeness (QED) is 0.472. The molecule has 1 N–H and O–H groups in total. The second-order valence-electron chi connectivity index (χ2n) is 8.02. The average Bonchev–Trinajstić information content (AvgIpc) is 3.01. The molecule has 0 radical (unpaired) electrons. The molecule has 7 heteroatoms. The summed E-state index contributed by atoms with van der Waals surface area (Å²) < 4.78 is 22.2. The first-order chi connectivity index (χ1) is 13.2. The number of hydrogen-bond acceptors (Lipinski definition) is 7. The zero-order valence-corrected chi connectivity index (χ0v) is 16.2. The molecule has 0 amide bonds. The summed E-state index contributed by atoms with van der Waals surface area (Å²) in [6.45, 7) is 7.78. The lowest BCUT2D eigenvalue weighted by Crippen LogP contribution is -2.27. The van der Waals surface area contributed by atoms with Crippen molar-refractivity contribution in [2.75, 3.05) is 7.11 Å². The Morgan fingerprint density at radius 3 is 2.86 bits per heavy atom. The summed E-state index contributed by atoms with van der Waals surface area (Å²) in [5.41, 5.74) is 0.877. The van der Waals surface area contributed by atoms with Gasteiger partial charge in [0.2, 0.25) is 0 Å². The van der Waals surface area contributed by atoms with Crippen LogP contribution in [0.15, 0.2) is 34.3 Å². The Bertz CT molecular complexity index is 879. The molecular weight excluding hydrogens is 364 g/mol. The van der Waals surface area contributed by atoms with Gasteiger partial charge in [-0.25, -0.2) is 9.59 Å². The third-order valence-corrected chi connectivity index (χ3v) is 5.90. The van der Waals surface area contributed by atoms with Crippen LogP contribution in [0.1, 0.15) is 54.7 Å². The van der Waals surface area contributed by atoms with E-state index in [4.69, 9.17) is 18.6 Å². The number of carbonyl (C=O) groups excluding carboxylic acids is 2. The van der Waals surface area contributed by atoms with Crippen molar-refractivity contribution >= 4 is 11.9 Å². The van der Waals surface area contributed by atoms with Crippen LogP contribution in [-0.2, 0) is 25.4 Å². The fourth-order valence-corrected chi connectivity index (χ4v) is 4.06. The molecule has 2 saturated heterocycles. The SMILES string of the molecule is C=C(C)[C@H]1C/C=C2\C(=O)O[C@H](C[C@]3(C)O[C@H]3c3cc(C(=O)OC)c(o3)C1)[C@H]2O. The van der Waals surface area contributed by atoms with Gasteiger partial charge in [-0.1, -0.05) is 18.2 Å². The maximum absolute atomic E-state index is 12.2. The number of furan rings is 1. The Morgan fingerprint density at radius 1 is 1.43 bits per heavy atom. The molecule has 1 aromatic heterocycles. The molecule has 4 heterocycles. The number of epoxide rings is 1. The molecule has 0 unspecified atom stereocenters. The van der Waals surface area contributed by atoms with Gasteiger partial charge in [-0.3, -0.25) is 0 Å². The van der Waals surface area contributed by atoms with Gasteiger partial charge < -0.3 is 23.7 Å². The van der Waals surface area contributed by atoms with Crippen LogP contribution in [0, 0.1) is 5.92 Å². The topological polar surface area (TPSA) is 98.5 Å². The number of rotatable bonds is 2. The Morgan fingerprint density at radius 2 is 2.18 bits per heavy atom. The summed E-state index contributed by atoms with van der Waals surface area (Å²) in [6.07, 6.45) is 0.880. The predicted molar refractivity (Wildman–Crippen MR) is 97.5 cm³/mol. The summed E-state index contributed by atoms with van der Waals surface area (Å²) in [5, 5.41) is 10.6. The third kappa shape index (κ3) is 3.08. The molecule has 5 atom stereocenters. The lowest BCUT2D eigenvalue weighted by molar-refractivity contribution is -0.140. The number of hydrogen-bond donors (Lipinski definition) is 1. The fourth-order valence-electron chi connectivity index (χ4n) is 4.06. The van der Waals surface area contributed by atoms with Gasteiger partial charge >= 0.3 is 11.9 Å². The first-order valence-electron chi connectivity index (χ1n) is 9.36. The van der Waals surface area contributed by atoms with Crippen molar-refractivity contribution in [1.29, 1.82) is 0 Å². The maximum atomic E-state index is 12.2. The Kier molecular flexibility index (Phi) is 4.47. The van der Waals surface area contributed by atoms with Crippen molar-refractivity contribution in [3.63, 3.8) is 0 Å². The Labute approximate surface area is 162 Å². The Hall–Kier alpha value is -2.38. The van der Waals surface area contributed by atoms with Gasteiger partial charge in [-0.05, 0) is 32.3 Å². The first kappa shape index (κ1) is 19.0. The van der Waals surface area contributed by atoms with Gasteiger partial charge in [-0.15, -0.1) is 0 Å². The van der Waals surface area contributed by atoms with Crippen LogP contribution in [0.5, 0.6) is 0 Å². The van der Waals surface area contributed by atoms with Crippen LogP contribution < -0.4 is 0 Å². The maximum Gasteiger partial charge on any atom is 0.341 e. The second kappa shape index (κ2) is 6.60. The number of carbonyl (C=O) groups is 2. The van der Waals surface area contributed by atoms with Crippen LogP contribution in [-0.4, -0.2) is 42.0 Å². The lowest BCUT2D eigenvalue weighted by Gasteiger charge is -2.16. The number of ether oxygens (including phenoxy) is 3. The third-order valence-electron chi connectivity index (χ3n) is 5.90. The zero-order valence-electron chi connectivity index (χ0n) is 16.2. The number of methoxy groups -OCH3 is 1. The van der Waals surface area contributed by atoms with Crippen LogP contribution in [0.4, 0.5) is 0 Å². The van der Waals surface area contributed by atoms with E-state index in [9.17, 15) is 14.7 Å². The van der Waals surface area contributed by atoms with Crippen molar-refractivity contribution < 1.29 is 33.3 Å². The van der Waals surface area contributed by atoms with Crippen molar-refractivity contribution in [2.24, 2.45) is 5.92 Å². The van der Waals surface area contributed by atoms with E-state index in [0.717, 1.165) is 5.57 Å². The van der Waals surface area contributed by atoms with E-state index in [2.05, 4.69) is 6.58 Å². The van der Waals surface area contributed by atoms with E-state index >= 15 is 0 Å². The molecule has 4 rings (SSSR count). The molecule has 3 aliphatic rings. The van der Waals surface area contributed by atoms with E-state index in [0.29, 0.717) is 36.3 Å². The van der Waals surface area contributed by atoms with Gasteiger partial charge in [0.15, 0.2) is 0 Å². The van der Waals surface area contributed by atoms with Gasteiger partial charge in [0.1, 0.15) is 41.0 Å². The minimum atomic E-state index is -0.988. The highest BCUT2D eigenvalue weighted by Gasteiger charge is 2.58. The van der Waals surface area contributed by atoms with Crippen molar-refractivity contribution in [3.8, 4) is 0 Å². The highest BCUT2D eigenvalue weighted by molar-refractivity contribution is 5.92. The summed E-state index contributed by atoms with van der Waals surface area (Å²) >= 11 is 0. The van der Waals surface area contributed by atoms with Gasteiger partial charge in [0.05, 0.1) is 12.7 Å². The number of fused-ring (bicyclic) bond motifs is 6. The smallest absolute Gasteiger partial charge is 0.341 e. The van der Waals surface area contributed by atoms with Crippen LogP contribution >= 0.6 is 0 Å². The predicted octanol–water partition coefficient (Wildman–Crippen LogP) is 2.64. The lowest BCUT2D eigenvalue weighted by atomic mass is 9.89. The van der Waals surface area contributed by atoms with Gasteiger partial charge in [-0.2, -0.15) is 0 Å². The van der Waals surface area contributed by atoms with E-state index < -0.39 is 29.7 Å². The molecule has 2 fully saturated rings. The molecule has 7 nitrogen and oxygen atoms in total. The molecule has 4 bridgehead atoms. The normalized spacial score (nSPS) is 36.0. The van der Waals surface area contributed by atoms with E-state index in [1.165, 1.54) is 7.11 Å². The molecule has 1 aromatic rings. The number of esters is 2. The summed E-state index contributed by atoms with van der Waals surface area (Å²) in [4.78, 5) is 24.5. The summed E-state index contributed by atoms with van der Waals surface area (Å²) in [7, 11) is 1.33. The molecule has 3 aliphatic heterocycles. The van der Waals surface area contributed by atoms with E-state index in [1.54, 1.807) is 12.1 Å². The minimum absolute atomic E-state index is 0.0822. The molecule has 0 aliphatic carbocycles. The van der Waals surface area contributed by atoms with E-state index in [-0.39, 0.29) is 17.6 Å². The largest absolute Gasteiger partial charge is 0.465 e. The zero-order chi connectivity index (χ0) is 20.2. The monoisotopic (exact) mass is 388 g/mol. The molecular formula is C21H24O7. The minimum Gasteiger partial charge on any atom is -0.465 e. The van der Waals surface area contributed by atoms with Crippen molar-refractivity contribution in [2.45, 2.75) is 57.0 Å². The van der Waals surface area contributed by atoms with E-state index in [1.807, 2.05) is 13.8 Å². The van der Waals surface area contributed by atoms with Crippen LogP contribution in [0.2, 0.25) is 0 Å². The first-order valence-corrected chi connectivity index (χ1v) is 9.36. The molecule has 150 valence electrons. The highest BCUT2D eigenvalue weighted by Crippen LogP contribution is 2.54. The molecule has 0 saturated carbocycles. The van der Waals surface area contributed by atoms with Crippen molar-refractivity contribution in [3.05, 3.63) is 47.0 Å². The number of aliphatic hydroxyl groups excluding tert-OH is 1. The Balaban J connectivity index is 1.77. The molecule has 0 spiro atoms. The summed E-state index contributed by atoms with van der Waals surface area (Å²) in [6, 6.07) is 1.66. The standard InChI is InChI=1S/C21H24O7/c1-10(2)11-5-6-12-17(22)16(27-20(12)24)9-21(3)18(28-21)15-8-13(19(23)25-4)14(7-11)26-15/h6,8,11,16-18,22H,1,5,7,9H2,2-4H3/b12-6-/t11-,16+,17-,18-,21-/m0/s1. The fraction of sp³-hybridized carbons (Fsp3) is 0.524. The van der Waals surface area contributed by atoms with Gasteiger partial charge in [0, 0.05) is 12.8 Å². The van der Waals surface area contributed by atoms with Gasteiger partial charge in [0.25, 0.3) is 0 Å².